The van der Waals surface area contributed by atoms with Crippen LogP contribution in [0.15, 0.2) is 166 Å². The van der Waals surface area contributed by atoms with Gasteiger partial charge < -0.3 is 4.42 Å². The predicted octanol–water partition coefficient (Wildman–Crippen LogP) is 10.4. The minimum atomic E-state index is -0.526. The van der Waals surface area contributed by atoms with E-state index in [-0.39, 0.29) is 0 Å². The van der Waals surface area contributed by atoms with Crippen molar-refractivity contribution in [1.29, 1.82) is 0 Å². The molecule has 10 rings (SSSR count). The Labute approximate surface area is 275 Å². The minimum absolute atomic E-state index is 0.526. The maximum atomic E-state index is 5.92. The van der Waals surface area contributed by atoms with Crippen LogP contribution in [0.25, 0.3) is 56.3 Å². The Hall–Kier alpha value is -5.78. The van der Waals surface area contributed by atoms with Gasteiger partial charge in [-0.3, -0.25) is 0 Å². The van der Waals surface area contributed by atoms with Crippen molar-refractivity contribution in [2.24, 2.45) is 0 Å². The number of furan rings is 1. The van der Waals surface area contributed by atoms with Gasteiger partial charge in [0.25, 0.3) is 0 Å². The molecule has 2 aliphatic rings. The van der Waals surface area contributed by atoms with E-state index in [2.05, 4.69) is 84.9 Å². The lowest BCUT2D eigenvalue weighted by atomic mass is 9.67. The molecule has 1 atom stereocenters. The fourth-order valence-corrected chi connectivity index (χ4v) is 8.69. The third kappa shape index (κ3) is 3.81. The molecular weight excluding hydrogens is 595 g/mol. The van der Waals surface area contributed by atoms with Crippen LogP contribution >= 0.6 is 11.8 Å². The van der Waals surface area contributed by atoms with Crippen LogP contribution < -0.4 is 0 Å². The summed E-state index contributed by atoms with van der Waals surface area (Å²) in [5, 5.41) is 1.14. The van der Waals surface area contributed by atoms with Gasteiger partial charge in [0.1, 0.15) is 5.58 Å². The van der Waals surface area contributed by atoms with Crippen LogP contribution in [-0.2, 0) is 5.41 Å². The molecule has 0 bridgehead atoms. The molecule has 220 valence electrons. The molecule has 2 aromatic heterocycles. The van der Waals surface area contributed by atoms with Crippen LogP contribution in [-0.4, -0.2) is 15.0 Å². The van der Waals surface area contributed by atoms with Crippen molar-refractivity contribution in [3.63, 3.8) is 0 Å². The maximum Gasteiger partial charge on any atom is 0.164 e. The molecule has 47 heavy (non-hydrogen) atoms. The highest BCUT2D eigenvalue weighted by atomic mass is 32.2. The number of fused-ring (bicyclic) bond motifs is 11. The number of hydrogen-bond donors (Lipinski definition) is 0. The van der Waals surface area contributed by atoms with E-state index >= 15 is 0 Å². The minimum Gasteiger partial charge on any atom is -0.464 e. The molecule has 0 radical (unpaired) electrons. The van der Waals surface area contributed by atoms with Gasteiger partial charge in [-0.05, 0) is 63.7 Å². The second-order valence-corrected chi connectivity index (χ2v) is 13.0. The second-order valence-electron chi connectivity index (χ2n) is 12.0. The van der Waals surface area contributed by atoms with E-state index in [1.807, 2.05) is 72.4 Å². The molecule has 1 aliphatic heterocycles. The van der Waals surface area contributed by atoms with E-state index in [1.165, 1.54) is 43.2 Å². The van der Waals surface area contributed by atoms with Crippen LogP contribution in [0.3, 0.4) is 0 Å². The van der Waals surface area contributed by atoms with Crippen molar-refractivity contribution in [2.75, 3.05) is 0 Å². The van der Waals surface area contributed by atoms with Crippen molar-refractivity contribution in [2.45, 2.75) is 15.2 Å². The molecule has 0 fully saturated rings. The quantitative estimate of drug-likeness (QED) is 0.197. The zero-order valence-electron chi connectivity index (χ0n) is 25.1. The Morgan fingerprint density at radius 3 is 1.83 bits per heavy atom. The lowest BCUT2D eigenvalue weighted by molar-refractivity contribution is 0.615. The van der Waals surface area contributed by atoms with Gasteiger partial charge >= 0.3 is 0 Å². The summed E-state index contributed by atoms with van der Waals surface area (Å²) in [4.78, 5) is 17.6. The molecule has 5 heteroatoms. The molecule has 3 heterocycles. The topological polar surface area (TPSA) is 51.8 Å². The smallest absolute Gasteiger partial charge is 0.164 e. The standard InChI is InChI=1S/C42H25N3OS/c1-3-11-26(12-4-1)39-43-40(27-13-5-2-6-14-27)45-41(44-39)28-19-22-37-34(25-28)42(32-17-9-10-18-36(32)47-37)31-16-8-7-15-29(31)38-30-23-24-46-35(30)21-20-33(38)42/h1-25H. The van der Waals surface area contributed by atoms with E-state index in [9.17, 15) is 0 Å². The van der Waals surface area contributed by atoms with Crippen LogP contribution in [0.4, 0.5) is 0 Å². The van der Waals surface area contributed by atoms with Crippen LogP contribution in [0.5, 0.6) is 0 Å². The van der Waals surface area contributed by atoms with Crippen molar-refractivity contribution < 1.29 is 4.42 Å². The summed E-state index contributed by atoms with van der Waals surface area (Å²) in [5.74, 6) is 1.96. The molecule has 1 unspecified atom stereocenters. The normalized spacial score (nSPS) is 15.7. The molecule has 4 nitrogen and oxygen atoms in total. The first kappa shape index (κ1) is 26.4. The highest BCUT2D eigenvalue weighted by molar-refractivity contribution is 7.99. The second kappa shape index (κ2) is 10.1. The van der Waals surface area contributed by atoms with Crippen molar-refractivity contribution in [3.8, 4) is 45.3 Å². The van der Waals surface area contributed by atoms with E-state index in [4.69, 9.17) is 19.4 Å². The Morgan fingerprint density at radius 2 is 1.09 bits per heavy atom. The third-order valence-electron chi connectivity index (χ3n) is 9.49. The summed E-state index contributed by atoms with van der Waals surface area (Å²) in [7, 11) is 0. The van der Waals surface area contributed by atoms with E-state index in [0.29, 0.717) is 17.5 Å². The number of rotatable bonds is 3. The number of aromatic nitrogens is 3. The average Bonchev–Trinajstić information content (AvgIpc) is 3.74. The highest BCUT2D eigenvalue weighted by Gasteiger charge is 2.50. The molecule has 0 saturated heterocycles. The summed E-state index contributed by atoms with van der Waals surface area (Å²) >= 11 is 1.83. The zero-order chi connectivity index (χ0) is 31.0. The van der Waals surface area contributed by atoms with Gasteiger partial charge in [0.05, 0.1) is 11.7 Å². The maximum absolute atomic E-state index is 5.92. The predicted molar refractivity (Wildman–Crippen MR) is 187 cm³/mol. The molecule has 1 aliphatic carbocycles. The molecule has 0 saturated carbocycles. The lowest BCUT2D eigenvalue weighted by Gasteiger charge is -2.39. The molecular formula is C42H25N3OS. The largest absolute Gasteiger partial charge is 0.464 e. The van der Waals surface area contributed by atoms with Crippen LogP contribution in [0.1, 0.15) is 22.3 Å². The first-order valence-electron chi connectivity index (χ1n) is 15.7. The number of benzene rings is 6. The summed E-state index contributed by atoms with van der Waals surface area (Å²) in [6.45, 7) is 0. The molecule has 6 aromatic carbocycles. The summed E-state index contributed by atoms with van der Waals surface area (Å²) < 4.78 is 5.92. The first-order chi connectivity index (χ1) is 23.3. The van der Waals surface area contributed by atoms with Crippen LogP contribution in [0.2, 0.25) is 0 Å². The summed E-state index contributed by atoms with van der Waals surface area (Å²) in [5.41, 5.74) is 10.8. The molecule has 0 amide bonds. The summed E-state index contributed by atoms with van der Waals surface area (Å²) in [6.07, 6.45) is 1.80. The zero-order valence-corrected chi connectivity index (χ0v) is 25.9. The number of nitrogens with zero attached hydrogens (tertiary/aromatic N) is 3. The third-order valence-corrected chi connectivity index (χ3v) is 10.6. The fourth-order valence-electron chi connectivity index (χ4n) is 7.52. The van der Waals surface area contributed by atoms with Crippen LogP contribution in [0, 0.1) is 0 Å². The number of hydrogen-bond acceptors (Lipinski definition) is 5. The van der Waals surface area contributed by atoms with Gasteiger partial charge in [0.2, 0.25) is 0 Å². The van der Waals surface area contributed by atoms with Crippen molar-refractivity contribution >= 4 is 22.7 Å². The summed E-state index contributed by atoms with van der Waals surface area (Å²) in [6, 6.07) is 51.2. The lowest BCUT2D eigenvalue weighted by Crippen LogP contribution is -2.32. The Balaban J connectivity index is 1.27. The van der Waals surface area contributed by atoms with Gasteiger partial charge in [0.15, 0.2) is 17.5 Å². The highest BCUT2D eigenvalue weighted by Crippen LogP contribution is 2.63. The monoisotopic (exact) mass is 619 g/mol. The Kier molecular flexibility index (Phi) is 5.69. The fraction of sp³-hybridized carbons (Fsp3) is 0.0238. The SMILES string of the molecule is c1ccc(-c2nc(-c3ccccc3)nc(-c3ccc4c(c3)C3(c5ccccc5S4)c4ccccc4-c4c3ccc3occc43)n2)cc1. The van der Waals surface area contributed by atoms with Gasteiger partial charge in [-0.1, -0.05) is 127 Å². The average molecular weight is 620 g/mol. The molecule has 1 spiro atoms. The van der Waals surface area contributed by atoms with E-state index in [1.54, 1.807) is 6.26 Å². The van der Waals surface area contributed by atoms with E-state index in [0.717, 1.165) is 27.7 Å². The van der Waals surface area contributed by atoms with Gasteiger partial charge in [-0.15, -0.1) is 0 Å². The Bertz CT molecular complexity index is 2450. The Morgan fingerprint density at radius 1 is 0.468 bits per heavy atom. The van der Waals surface area contributed by atoms with Gasteiger partial charge in [-0.2, -0.15) is 0 Å². The first-order valence-corrected chi connectivity index (χ1v) is 16.5. The van der Waals surface area contributed by atoms with Gasteiger partial charge in [0, 0.05) is 31.9 Å². The van der Waals surface area contributed by atoms with Crippen molar-refractivity contribution in [1.82, 2.24) is 15.0 Å². The van der Waals surface area contributed by atoms with E-state index < -0.39 is 5.41 Å². The van der Waals surface area contributed by atoms with Gasteiger partial charge in [-0.25, -0.2) is 15.0 Å². The molecule has 8 aromatic rings. The molecule has 0 N–H and O–H groups in total. The van der Waals surface area contributed by atoms with Crippen molar-refractivity contribution in [3.05, 3.63) is 174 Å².